The molecule has 0 bridgehead atoms. The number of imidazole rings is 1. The van der Waals surface area contributed by atoms with Crippen molar-refractivity contribution in [3.63, 3.8) is 0 Å². The van der Waals surface area contributed by atoms with Crippen molar-refractivity contribution in [3.05, 3.63) is 46.5 Å². The van der Waals surface area contributed by atoms with Gasteiger partial charge in [-0.3, -0.25) is 9.20 Å². The molecule has 0 saturated heterocycles. The van der Waals surface area contributed by atoms with E-state index in [-0.39, 0.29) is 23.5 Å². The molecule has 0 saturated carbocycles. The maximum Gasteiger partial charge on any atom is 0.358 e. The molecule has 3 aromatic rings. The molecule has 1 aromatic carbocycles. The van der Waals surface area contributed by atoms with Gasteiger partial charge in [-0.15, -0.1) is 0 Å². The fraction of sp³-hybridized carbons (Fsp3) is 0.353. The van der Waals surface area contributed by atoms with E-state index in [4.69, 9.17) is 4.74 Å². The minimum Gasteiger partial charge on any atom is -0.461 e. The Balaban J connectivity index is 2.29. The van der Waals surface area contributed by atoms with E-state index in [1.807, 2.05) is 24.3 Å². The van der Waals surface area contributed by atoms with Crippen molar-refractivity contribution in [1.29, 1.82) is 0 Å². The maximum absolute atomic E-state index is 12.8. The van der Waals surface area contributed by atoms with Crippen LogP contribution in [-0.4, -0.2) is 26.5 Å². The van der Waals surface area contributed by atoms with Crippen molar-refractivity contribution in [2.75, 3.05) is 6.61 Å². The molecule has 2 aromatic heterocycles. The Hall–Kier alpha value is -2.63. The Bertz CT molecular complexity index is 924. The second-order valence-electron chi connectivity index (χ2n) is 5.34. The first kappa shape index (κ1) is 15.3. The molecule has 23 heavy (non-hydrogen) atoms. The average Bonchev–Trinajstić information content (AvgIpc) is 3.01. The number of ether oxygens (including phenoxy) is 1. The van der Waals surface area contributed by atoms with Crippen LogP contribution in [0.5, 0.6) is 0 Å². The lowest BCUT2D eigenvalue weighted by atomic mass is 10.2. The number of carbonyl (C=O) groups is 1. The highest BCUT2D eigenvalue weighted by Gasteiger charge is 2.17. The summed E-state index contributed by atoms with van der Waals surface area (Å²) in [5, 5.41) is 0. The van der Waals surface area contributed by atoms with E-state index in [1.54, 1.807) is 22.1 Å². The number of para-hydroxylation sites is 2. The molecule has 0 atom stereocenters. The second kappa shape index (κ2) is 6.24. The Kier molecular flexibility index (Phi) is 4.14. The van der Waals surface area contributed by atoms with Crippen LogP contribution in [0.25, 0.3) is 16.7 Å². The number of benzene rings is 1. The molecule has 0 aliphatic heterocycles. The van der Waals surface area contributed by atoms with Crippen molar-refractivity contribution in [1.82, 2.24) is 14.0 Å². The van der Waals surface area contributed by atoms with Crippen LogP contribution in [0.1, 0.15) is 37.2 Å². The van der Waals surface area contributed by atoms with Crippen LogP contribution in [0, 0.1) is 0 Å². The van der Waals surface area contributed by atoms with Crippen LogP contribution in [0.3, 0.4) is 0 Å². The first-order valence-corrected chi connectivity index (χ1v) is 7.85. The fourth-order valence-corrected chi connectivity index (χ4v) is 2.68. The molecule has 0 unspecified atom stereocenters. The van der Waals surface area contributed by atoms with E-state index in [9.17, 15) is 9.59 Å². The minimum atomic E-state index is -0.514. The molecular formula is C17H19N3O3. The number of esters is 1. The molecule has 0 aliphatic rings. The number of aryl methyl sites for hydroxylation is 1. The molecule has 2 heterocycles. The molecule has 0 fully saturated rings. The van der Waals surface area contributed by atoms with E-state index in [0.29, 0.717) is 6.54 Å². The zero-order valence-electron chi connectivity index (χ0n) is 13.3. The normalized spacial score (nSPS) is 11.2. The largest absolute Gasteiger partial charge is 0.461 e. The lowest BCUT2D eigenvalue weighted by Gasteiger charge is -2.11. The molecule has 0 radical (unpaired) electrons. The first-order chi connectivity index (χ1) is 11.2. The predicted octanol–water partition coefficient (Wildman–Crippen LogP) is 2.63. The topological polar surface area (TPSA) is 65.6 Å². The highest BCUT2D eigenvalue weighted by Crippen LogP contribution is 2.16. The molecule has 0 aliphatic carbocycles. The van der Waals surface area contributed by atoms with Gasteiger partial charge in [0.2, 0.25) is 5.65 Å². The second-order valence-corrected chi connectivity index (χ2v) is 5.34. The van der Waals surface area contributed by atoms with Crippen molar-refractivity contribution in [2.24, 2.45) is 0 Å². The average molecular weight is 313 g/mol. The molecule has 6 nitrogen and oxygen atoms in total. The van der Waals surface area contributed by atoms with Crippen LogP contribution in [0.15, 0.2) is 35.3 Å². The van der Waals surface area contributed by atoms with Crippen LogP contribution >= 0.6 is 0 Å². The standard InChI is InChI=1S/C17H19N3O3/c1-3-5-10-19-13-8-6-7-9-14(13)20-11-12(17(22)23-4-2)18-15(20)16(19)21/h6-9,11H,3-5,10H2,1-2H3. The summed E-state index contributed by atoms with van der Waals surface area (Å²) < 4.78 is 8.39. The van der Waals surface area contributed by atoms with Gasteiger partial charge in [0.25, 0.3) is 5.56 Å². The quantitative estimate of drug-likeness (QED) is 0.679. The van der Waals surface area contributed by atoms with Gasteiger partial charge in [0.1, 0.15) is 0 Å². The number of rotatable bonds is 5. The zero-order chi connectivity index (χ0) is 16.4. The number of carbonyl (C=O) groups excluding carboxylic acids is 1. The third-order valence-electron chi connectivity index (χ3n) is 3.79. The Morgan fingerprint density at radius 1 is 1.22 bits per heavy atom. The van der Waals surface area contributed by atoms with Gasteiger partial charge in [0, 0.05) is 12.7 Å². The van der Waals surface area contributed by atoms with Crippen LogP contribution in [-0.2, 0) is 11.3 Å². The highest BCUT2D eigenvalue weighted by atomic mass is 16.5. The van der Waals surface area contributed by atoms with Gasteiger partial charge in [0.05, 0.1) is 17.6 Å². The van der Waals surface area contributed by atoms with Crippen molar-refractivity contribution in [2.45, 2.75) is 33.2 Å². The van der Waals surface area contributed by atoms with Gasteiger partial charge in [-0.05, 0) is 25.5 Å². The Morgan fingerprint density at radius 2 is 1.96 bits per heavy atom. The molecule has 120 valence electrons. The minimum absolute atomic E-state index is 0.155. The molecule has 0 amide bonds. The van der Waals surface area contributed by atoms with Gasteiger partial charge in [-0.1, -0.05) is 25.5 Å². The summed E-state index contributed by atoms with van der Waals surface area (Å²) >= 11 is 0. The molecule has 6 heteroatoms. The summed E-state index contributed by atoms with van der Waals surface area (Å²) in [6, 6.07) is 7.64. The number of hydrogen-bond donors (Lipinski definition) is 0. The van der Waals surface area contributed by atoms with Gasteiger partial charge in [0.15, 0.2) is 5.69 Å². The summed E-state index contributed by atoms with van der Waals surface area (Å²) in [5.41, 5.74) is 1.91. The van der Waals surface area contributed by atoms with E-state index in [0.717, 1.165) is 23.9 Å². The van der Waals surface area contributed by atoms with E-state index in [2.05, 4.69) is 11.9 Å². The molecule has 3 rings (SSSR count). The number of fused-ring (bicyclic) bond motifs is 3. The Morgan fingerprint density at radius 3 is 2.65 bits per heavy atom. The van der Waals surface area contributed by atoms with E-state index >= 15 is 0 Å². The van der Waals surface area contributed by atoms with E-state index < -0.39 is 5.97 Å². The van der Waals surface area contributed by atoms with E-state index in [1.165, 1.54) is 0 Å². The third kappa shape index (κ3) is 2.60. The van der Waals surface area contributed by atoms with Crippen molar-refractivity contribution >= 4 is 22.6 Å². The van der Waals surface area contributed by atoms with Crippen molar-refractivity contribution < 1.29 is 9.53 Å². The number of unbranched alkanes of at least 4 members (excludes halogenated alkanes) is 1. The third-order valence-corrected chi connectivity index (χ3v) is 3.79. The van der Waals surface area contributed by atoms with Gasteiger partial charge in [-0.25, -0.2) is 9.78 Å². The number of nitrogens with zero attached hydrogens (tertiary/aromatic N) is 3. The lowest BCUT2D eigenvalue weighted by Crippen LogP contribution is -2.23. The van der Waals surface area contributed by atoms with Crippen molar-refractivity contribution in [3.8, 4) is 0 Å². The predicted molar refractivity (Wildman–Crippen MR) is 87.8 cm³/mol. The lowest BCUT2D eigenvalue weighted by molar-refractivity contribution is 0.0520. The van der Waals surface area contributed by atoms with Crippen LogP contribution in [0.4, 0.5) is 0 Å². The molecule has 0 spiro atoms. The first-order valence-electron chi connectivity index (χ1n) is 7.85. The maximum atomic E-state index is 12.8. The van der Waals surface area contributed by atoms with Gasteiger partial charge in [-0.2, -0.15) is 0 Å². The number of hydrogen-bond acceptors (Lipinski definition) is 4. The summed E-state index contributed by atoms with van der Waals surface area (Å²) in [5.74, 6) is -0.514. The smallest absolute Gasteiger partial charge is 0.358 e. The number of aromatic nitrogens is 3. The summed E-state index contributed by atoms with van der Waals surface area (Å²) in [6.07, 6.45) is 3.47. The summed E-state index contributed by atoms with van der Waals surface area (Å²) in [7, 11) is 0. The van der Waals surface area contributed by atoms with Gasteiger partial charge >= 0.3 is 5.97 Å². The zero-order valence-corrected chi connectivity index (χ0v) is 13.3. The monoisotopic (exact) mass is 313 g/mol. The fourth-order valence-electron chi connectivity index (χ4n) is 2.68. The van der Waals surface area contributed by atoms with Crippen LogP contribution < -0.4 is 5.56 Å². The summed E-state index contributed by atoms with van der Waals surface area (Å²) in [4.78, 5) is 28.9. The summed E-state index contributed by atoms with van der Waals surface area (Å²) in [6.45, 7) is 4.73. The van der Waals surface area contributed by atoms with Crippen LogP contribution in [0.2, 0.25) is 0 Å². The van der Waals surface area contributed by atoms with Gasteiger partial charge < -0.3 is 9.30 Å². The molecular weight excluding hydrogens is 294 g/mol. The SMILES string of the molecule is CCCCn1c(=O)c2nc(C(=O)OCC)cn2c2ccccc21. The highest BCUT2D eigenvalue weighted by molar-refractivity contribution is 5.89. The Labute approximate surface area is 133 Å². The molecule has 0 N–H and O–H groups in total.